The largest absolute Gasteiger partial charge is 0.448 e. The second-order valence-electron chi connectivity index (χ2n) is 6.00. The zero-order valence-corrected chi connectivity index (χ0v) is 13.3. The highest BCUT2D eigenvalue weighted by molar-refractivity contribution is 6.28. The molecule has 1 atom stereocenters. The maximum Gasteiger partial charge on any atom is 0.193 e. The quantitative estimate of drug-likeness (QED) is 0.864. The lowest BCUT2D eigenvalue weighted by Crippen LogP contribution is -2.21. The molecule has 108 valence electrons. The van der Waals surface area contributed by atoms with Gasteiger partial charge in [0.2, 0.25) is 0 Å². The number of furan rings is 1. The Balaban J connectivity index is 2.30. The smallest absolute Gasteiger partial charge is 0.193 e. The van der Waals surface area contributed by atoms with Crippen LogP contribution in [-0.2, 0) is 5.41 Å². The zero-order valence-electron chi connectivity index (χ0n) is 12.5. The van der Waals surface area contributed by atoms with Gasteiger partial charge in [0.15, 0.2) is 5.22 Å². The summed E-state index contributed by atoms with van der Waals surface area (Å²) in [6.45, 7) is 9.60. The van der Waals surface area contributed by atoms with Crippen molar-refractivity contribution in [1.29, 1.82) is 0 Å². The summed E-state index contributed by atoms with van der Waals surface area (Å²) in [4.78, 5) is 0. The Bertz CT molecular complexity index is 551. The molecule has 0 fully saturated rings. The minimum absolute atomic E-state index is 0.0431. The molecule has 1 N–H and O–H groups in total. The molecule has 20 heavy (non-hydrogen) atoms. The van der Waals surface area contributed by atoms with Crippen LogP contribution in [0.5, 0.6) is 0 Å². The molecule has 0 aliphatic rings. The summed E-state index contributed by atoms with van der Waals surface area (Å²) >= 11 is 5.88. The molecule has 1 aromatic heterocycles. The number of hydrogen-bond donors (Lipinski definition) is 1. The molecule has 1 unspecified atom stereocenters. The zero-order chi connectivity index (χ0) is 14.8. The van der Waals surface area contributed by atoms with Crippen LogP contribution in [0.4, 0.5) is 0 Å². The first-order valence-corrected chi connectivity index (χ1v) is 7.38. The van der Waals surface area contributed by atoms with Gasteiger partial charge in [-0.15, -0.1) is 0 Å². The van der Waals surface area contributed by atoms with Crippen molar-refractivity contribution in [3.63, 3.8) is 0 Å². The Morgan fingerprint density at radius 2 is 1.75 bits per heavy atom. The Labute approximate surface area is 126 Å². The SMILES string of the molecule is CCNC(c1ccc(C(C)(C)C)cc1)c1ccc(Cl)o1. The Hall–Kier alpha value is -1.25. The molecule has 2 rings (SSSR count). The van der Waals surface area contributed by atoms with Gasteiger partial charge < -0.3 is 9.73 Å². The van der Waals surface area contributed by atoms with Crippen LogP contribution in [0.2, 0.25) is 5.22 Å². The van der Waals surface area contributed by atoms with Gasteiger partial charge in [-0.05, 0) is 46.8 Å². The maximum atomic E-state index is 5.88. The molecule has 0 radical (unpaired) electrons. The van der Waals surface area contributed by atoms with Gasteiger partial charge in [0, 0.05) is 0 Å². The van der Waals surface area contributed by atoms with Crippen molar-refractivity contribution in [2.45, 2.75) is 39.2 Å². The van der Waals surface area contributed by atoms with Crippen molar-refractivity contribution < 1.29 is 4.42 Å². The van der Waals surface area contributed by atoms with Crippen molar-refractivity contribution >= 4 is 11.6 Å². The van der Waals surface area contributed by atoms with E-state index in [1.807, 2.05) is 6.07 Å². The van der Waals surface area contributed by atoms with E-state index in [1.165, 1.54) is 11.1 Å². The second kappa shape index (κ2) is 6.02. The molecule has 0 saturated carbocycles. The van der Waals surface area contributed by atoms with Gasteiger partial charge in [-0.25, -0.2) is 0 Å². The van der Waals surface area contributed by atoms with Gasteiger partial charge >= 0.3 is 0 Å². The predicted octanol–water partition coefficient (Wildman–Crippen LogP) is 4.93. The van der Waals surface area contributed by atoms with E-state index >= 15 is 0 Å². The van der Waals surface area contributed by atoms with Crippen LogP contribution >= 0.6 is 11.6 Å². The third-order valence-corrected chi connectivity index (χ3v) is 3.60. The summed E-state index contributed by atoms with van der Waals surface area (Å²) in [6.07, 6.45) is 0. The molecule has 0 amide bonds. The van der Waals surface area contributed by atoms with Crippen LogP contribution in [0.25, 0.3) is 0 Å². The third kappa shape index (κ3) is 3.44. The van der Waals surface area contributed by atoms with Gasteiger partial charge in [-0.2, -0.15) is 0 Å². The molecular weight excluding hydrogens is 270 g/mol. The topological polar surface area (TPSA) is 25.2 Å². The Morgan fingerprint density at radius 1 is 1.10 bits per heavy atom. The second-order valence-corrected chi connectivity index (χ2v) is 6.38. The minimum atomic E-state index is 0.0431. The molecule has 1 heterocycles. The van der Waals surface area contributed by atoms with Crippen molar-refractivity contribution in [2.24, 2.45) is 0 Å². The van der Waals surface area contributed by atoms with E-state index in [0.717, 1.165) is 12.3 Å². The summed E-state index contributed by atoms with van der Waals surface area (Å²) in [5.41, 5.74) is 2.68. The van der Waals surface area contributed by atoms with Gasteiger partial charge in [-0.1, -0.05) is 52.0 Å². The molecule has 2 nitrogen and oxygen atoms in total. The lowest BCUT2D eigenvalue weighted by molar-refractivity contribution is 0.453. The fourth-order valence-corrected chi connectivity index (χ4v) is 2.40. The lowest BCUT2D eigenvalue weighted by atomic mass is 9.86. The summed E-state index contributed by atoms with van der Waals surface area (Å²) in [7, 11) is 0. The highest BCUT2D eigenvalue weighted by atomic mass is 35.5. The maximum absolute atomic E-state index is 5.88. The first kappa shape index (κ1) is 15.1. The van der Waals surface area contributed by atoms with Crippen molar-refractivity contribution in [2.75, 3.05) is 6.54 Å². The van der Waals surface area contributed by atoms with Crippen molar-refractivity contribution in [3.8, 4) is 0 Å². The summed E-state index contributed by atoms with van der Waals surface area (Å²) in [5, 5.41) is 3.86. The highest BCUT2D eigenvalue weighted by Crippen LogP contribution is 2.28. The molecule has 1 aromatic carbocycles. The molecule has 0 aliphatic carbocycles. The van der Waals surface area contributed by atoms with Gasteiger partial charge in [0.1, 0.15) is 5.76 Å². The fourth-order valence-electron chi connectivity index (χ4n) is 2.25. The van der Waals surface area contributed by atoms with Crippen molar-refractivity contribution in [3.05, 3.63) is 58.5 Å². The number of halogens is 1. The lowest BCUT2D eigenvalue weighted by Gasteiger charge is -2.21. The van der Waals surface area contributed by atoms with Crippen LogP contribution in [0.3, 0.4) is 0 Å². The third-order valence-electron chi connectivity index (χ3n) is 3.40. The Kier molecular flexibility index (Phi) is 4.56. The standard InChI is InChI=1S/C17H22ClNO/c1-5-19-16(14-10-11-15(18)20-14)12-6-8-13(9-7-12)17(2,3)4/h6-11,16,19H,5H2,1-4H3. The molecule has 3 heteroatoms. The monoisotopic (exact) mass is 291 g/mol. The fraction of sp³-hybridized carbons (Fsp3) is 0.412. The van der Waals surface area contributed by atoms with Gasteiger partial charge in [-0.3, -0.25) is 0 Å². The molecule has 0 aliphatic heterocycles. The highest BCUT2D eigenvalue weighted by Gasteiger charge is 2.18. The van der Waals surface area contributed by atoms with Crippen LogP contribution in [0.1, 0.15) is 50.6 Å². The predicted molar refractivity (Wildman–Crippen MR) is 84.4 cm³/mol. The van der Waals surface area contributed by atoms with Crippen molar-refractivity contribution in [1.82, 2.24) is 5.32 Å². The first-order chi connectivity index (χ1) is 9.41. The average molecular weight is 292 g/mol. The van der Waals surface area contributed by atoms with Crippen LogP contribution in [0.15, 0.2) is 40.8 Å². The molecule has 0 bridgehead atoms. The summed E-state index contributed by atoms with van der Waals surface area (Å²) in [6, 6.07) is 12.4. The van der Waals surface area contributed by atoms with E-state index in [1.54, 1.807) is 6.07 Å². The normalized spacial score (nSPS) is 13.4. The summed E-state index contributed by atoms with van der Waals surface area (Å²) in [5.74, 6) is 0.848. The minimum Gasteiger partial charge on any atom is -0.448 e. The van der Waals surface area contributed by atoms with E-state index in [9.17, 15) is 0 Å². The van der Waals surface area contributed by atoms with Crippen LogP contribution < -0.4 is 5.32 Å². The molecular formula is C17H22ClNO. The van der Waals surface area contributed by atoms with Gasteiger partial charge in [0.05, 0.1) is 6.04 Å². The molecule has 2 aromatic rings. The number of benzene rings is 1. The average Bonchev–Trinajstić information content (AvgIpc) is 2.81. The number of nitrogens with one attached hydrogen (secondary N) is 1. The first-order valence-electron chi connectivity index (χ1n) is 7.01. The molecule has 0 saturated heterocycles. The Morgan fingerprint density at radius 3 is 2.20 bits per heavy atom. The number of hydrogen-bond acceptors (Lipinski definition) is 2. The van der Waals surface area contributed by atoms with E-state index in [0.29, 0.717) is 5.22 Å². The van der Waals surface area contributed by atoms with E-state index in [2.05, 4.69) is 57.3 Å². The number of rotatable bonds is 4. The van der Waals surface area contributed by atoms with Gasteiger partial charge in [0.25, 0.3) is 0 Å². The van der Waals surface area contributed by atoms with Crippen LogP contribution in [-0.4, -0.2) is 6.54 Å². The van der Waals surface area contributed by atoms with E-state index in [4.69, 9.17) is 16.0 Å². The van der Waals surface area contributed by atoms with E-state index < -0.39 is 0 Å². The van der Waals surface area contributed by atoms with E-state index in [-0.39, 0.29) is 11.5 Å². The summed E-state index contributed by atoms with van der Waals surface area (Å²) < 4.78 is 5.55. The van der Waals surface area contributed by atoms with Crippen LogP contribution in [0, 0.1) is 0 Å². The molecule has 0 spiro atoms.